The second-order valence-electron chi connectivity index (χ2n) is 3.08. The highest BCUT2D eigenvalue weighted by atomic mass is 16.3. The first-order chi connectivity index (χ1) is 4.83. The van der Waals surface area contributed by atoms with Crippen LogP contribution in [0.4, 0.5) is 0 Å². The van der Waals surface area contributed by atoms with Crippen molar-refractivity contribution in [3.05, 3.63) is 0 Å². The molecule has 1 aliphatic rings. The highest BCUT2D eigenvalue weighted by molar-refractivity contribution is 4.76. The van der Waals surface area contributed by atoms with Crippen LogP contribution in [0, 0.1) is 0 Å². The second kappa shape index (κ2) is 3.94. The summed E-state index contributed by atoms with van der Waals surface area (Å²) in [5.74, 6) is 0. The smallest absolute Gasteiger partial charge is 0.0555 e. The van der Waals surface area contributed by atoms with Crippen molar-refractivity contribution in [2.45, 2.75) is 44.8 Å². The van der Waals surface area contributed by atoms with Crippen LogP contribution >= 0.6 is 0 Å². The molecule has 10 heavy (non-hydrogen) atoms. The van der Waals surface area contributed by atoms with Crippen LogP contribution in [0.25, 0.3) is 0 Å². The SMILES string of the molecule is CCN[C@H]1CCC[C@H](O)C1. The van der Waals surface area contributed by atoms with Gasteiger partial charge in [-0.15, -0.1) is 0 Å². The number of rotatable bonds is 2. The van der Waals surface area contributed by atoms with Crippen molar-refractivity contribution < 1.29 is 5.11 Å². The van der Waals surface area contributed by atoms with Gasteiger partial charge in [0.25, 0.3) is 0 Å². The zero-order valence-corrected chi connectivity index (χ0v) is 6.64. The minimum Gasteiger partial charge on any atom is -0.393 e. The van der Waals surface area contributed by atoms with E-state index < -0.39 is 0 Å². The van der Waals surface area contributed by atoms with Gasteiger partial charge in [0, 0.05) is 6.04 Å². The molecule has 1 saturated carbocycles. The minimum atomic E-state index is -0.0437. The predicted octanol–water partition coefficient (Wildman–Crippen LogP) is 0.899. The van der Waals surface area contributed by atoms with Crippen molar-refractivity contribution in [2.75, 3.05) is 6.54 Å². The Kier molecular flexibility index (Phi) is 3.16. The molecule has 0 amide bonds. The lowest BCUT2D eigenvalue weighted by Gasteiger charge is -2.26. The van der Waals surface area contributed by atoms with Crippen LogP contribution < -0.4 is 5.32 Å². The first-order valence-corrected chi connectivity index (χ1v) is 4.24. The van der Waals surface area contributed by atoms with Gasteiger partial charge in [-0.2, -0.15) is 0 Å². The number of aliphatic hydroxyl groups is 1. The maximum atomic E-state index is 9.27. The highest BCUT2D eigenvalue weighted by Crippen LogP contribution is 2.17. The molecule has 1 aliphatic carbocycles. The van der Waals surface area contributed by atoms with E-state index in [1.54, 1.807) is 0 Å². The van der Waals surface area contributed by atoms with E-state index in [1.165, 1.54) is 12.8 Å². The zero-order valence-electron chi connectivity index (χ0n) is 6.64. The molecule has 0 bridgehead atoms. The molecule has 0 saturated heterocycles. The zero-order chi connectivity index (χ0) is 7.40. The van der Waals surface area contributed by atoms with Crippen LogP contribution in [0.1, 0.15) is 32.6 Å². The van der Waals surface area contributed by atoms with Crippen LogP contribution in [-0.2, 0) is 0 Å². The van der Waals surface area contributed by atoms with Crippen LogP contribution in [-0.4, -0.2) is 23.8 Å². The summed E-state index contributed by atoms with van der Waals surface area (Å²) in [7, 11) is 0. The lowest BCUT2D eigenvalue weighted by Crippen LogP contribution is -2.35. The Morgan fingerprint density at radius 3 is 2.90 bits per heavy atom. The van der Waals surface area contributed by atoms with Crippen molar-refractivity contribution in [3.8, 4) is 0 Å². The van der Waals surface area contributed by atoms with Crippen LogP contribution in [0.3, 0.4) is 0 Å². The molecule has 0 unspecified atom stereocenters. The van der Waals surface area contributed by atoms with Gasteiger partial charge in [0.15, 0.2) is 0 Å². The highest BCUT2D eigenvalue weighted by Gasteiger charge is 2.18. The lowest BCUT2D eigenvalue weighted by atomic mass is 9.93. The molecule has 0 aromatic rings. The van der Waals surface area contributed by atoms with Gasteiger partial charge >= 0.3 is 0 Å². The number of nitrogens with one attached hydrogen (secondary N) is 1. The van der Waals surface area contributed by atoms with Gasteiger partial charge in [0.1, 0.15) is 0 Å². The van der Waals surface area contributed by atoms with Gasteiger partial charge in [0.2, 0.25) is 0 Å². The van der Waals surface area contributed by atoms with Gasteiger partial charge in [0.05, 0.1) is 6.10 Å². The van der Waals surface area contributed by atoms with Gasteiger partial charge in [-0.3, -0.25) is 0 Å². The lowest BCUT2D eigenvalue weighted by molar-refractivity contribution is 0.112. The molecule has 0 aromatic heterocycles. The first kappa shape index (κ1) is 8.02. The summed E-state index contributed by atoms with van der Waals surface area (Å²) < 4.78 is 0. The molecular weight excluding hydrogens is 126 g/mol. The fourth-order valence-corrected chi connectivity index (χ4v) is 1.64. The molecule has 0 heterocycles. The van der Waals surface area contributed by atoms with Crippen molar-refractivity contribution in [1.82, 2.24) is 5.32 Å². The maximum absolute atomic E-state index is 9.27. The quantitative estimate of drug-likeness (QED) is 0.602. The summed E-state index contributed by atoms with van der Waals surface area (Å²) in [4.78, 5) is 0. The van der Waals surface area contributed by atoms with E-state index in [4.69, 9.17) is 0 Å². The first-order valence-electron chi connectivity index (χ1n) is 4.24. The fourth-order valence-electron chi connectivity index (χ4n) is 1.64. The molecule has 0 aromatic carbocycles. The Morgan fingerprint density at radius 1 is 1.50 bits per heavy atom. The molecule has 0 aliphatic heterocycles. The summed E-state index contributed by atoms with van der Waals surface area (Å²) >= 11 is 0. The number of hydrogen-bond donors (Lipinski definition) is 2. The van der Waals surface area contributed by atoms with E-state index in [9.17, 15) is 5.11 Å². The Morgan fingerprint density at radius 2 is 2.30 bits per heavy atom. The molecule has 2 nitrogen and oxygen atoms in total. The topological polar surface area (TPSA) is 32.3 Å². The van der Waals surface area contributed by atoms with Crippen molar-refractivity contribution in [3.63, 3.8) is 0 Å². The third kappa shape index (κ3) is 2.27. The van der Waals surface area contributed by atoms with E-state index in [0.29, 0.717) is 6.04 Å². The monoisotopic (exact) mass is 143 g/mol. The largest absolute Gasteiger partial charge is 0.393 e. The van der Waals surface area contributed by atoms with E-state index in [0.717, 1.165) is 19.4 Å². The Bertz CT molecular complexity index is 93.3. The third-order valence-corrected chi connectivity index (χ3v) is 2.14. The maximum Gasteiger partial charge on any atom is 0.0555 e. The molecule has 1 rings (SSSR count). The normalized spacial score (nSPS) is 34.2. The van der Waals surface area contributed by atoms with Crippen molar-refractivity contribution in [1.29, 1.82) is 0 Å². The number of aliphatic hydroxyl groups excluding tert-OH is 1. The van der Waals surface area contributed by atoms with Gasteiger partial charge in [-0.05, 0) is 32.2 Å². The van der Waals surface area contributed by atoms with Crippen LogP contribution in [0.5, 0.6) is 0 Å². The molecule has 0 spiro atoms. The van der Waals surface area contributed by atoms with E-state index in [1.807, 2.05) is 0 Å². The van der Waals surface area contributed by atoms with E-state index in [2.05, 4.69) is 12.2 Å². The van der Waals surface area contributed by atoms with E-state index >= 15 is 0 Å². The Balaban J connectivity index is 2.18. The predicted molar refractivity (Wildman–Crippen MR) is 41.9 cm³/mol. The third-order valence-electron chi connectivity index (χ3n) is 2.14. The van der Waals surface area contributed by atoms with Gasteiger partial charge in [-0.1, -0.05) is 6.92 Å². The fraction of sp³-hybridized carbons (Fsp3) is 1.00. The Labute approximate surface area is 62.6 Å². The second-order valence-corrected chi connectivity index (χ2v) is 3.08. The van der Waals surface area contributed by atoms with Gasteiger partial charge in [-0.25, -0.2) is 0 Å². The Hall–Kier alpha value is -0.0800. The van der Waals surface area contributed by atoms with Gasteiger partial charge < -0.3 is 10.4 Å². The molecule has 2 N–H and O–H groups in total. The van der Waals surface area contributed by atoms with E-state index in [-0.39, 0.29) is 6.10 Å². The molecule has 2 heteroatoms. The van der Waals surface area contributed by atoms with Crippen molar-refractivity contribution >= 4 is 0 Å². The van der Waals surface area contributed by atoms with Crippen LogP contribution in [0.2, 0.25) is 0 Å². The summed E-state index contributed by atoms with van der Waals surface area (Å²) in [5.41, 5.74) is 0. The number of hydrogen-bond acceptors (Lipinski definition) is 2. The molecule has 2 atom stereocenters. The summed E-state index contributed by atoms with van der Waals surface area (Å²) in [6, 6.07) is 0.578. The summed E-state index contributed by atoms with van der Waals surface area (Å²) in [6.07, 6.45) is 4.33. The average molecular weight is 143 g/mol. The summed E-state index contributed by atoms with van der Waals surface area (Å²) in [5, 5.41) is 12.6. The molecule has 60 valence electrons. The summed E-state index contributed by atoms with van der Waals surface area (Å²) in [6.45, 7) is 3.14. The standard InChI is InChI=1S/C8H17NO/c1-2-9-7-4-3-5-8(10)6-7/h7-10H,2-6H2,1H3/t7-,8-/m0/s1. The van der Waals surface area contributed by atoms with Crippen LogP contribution in [0.15, 0.2) is 0 Å². The molecule has 0 radical (unpaired) electrons. The average Bonchev–Trinajstić information content (AvgIpc) is 1.88. The molecular formula is C8H17NO. The van der Waals surface area contributed by atoms with Crippen molar-refractivity contribution in [2.24, 2.45) is 0 Å². The minimum absolute atomic E-state index is 0.0437. The molecule has 1 fully saturated rings.